The van der Waals surface area contributed by atoms with Crippen LogP contribution in [0.15, 0.2) is 35.3 Å². The molecule has 18 heavy (non-hydrogen) atoms. The number of hydrogen-bond donors (Lipinski definition) is 1. The summed E-state index contributed by atoms with van der Waals surface area (Å²) in [6, 6.07) is 3.73. The third-order valence-corrected chi connectivity index (χ3v) is 2.77. The summed E-state index contributed by atoms with van der Waals surface area (Å²) in [5.74, 6) is -0.262. The third kappa shape index (κ3) is 4.70. The molecule has 0 fully saturated rings. The summed E-state index contributed by atoms with van der Waals surface area (Å²) in [6.45, 7) is 3.55. The Hall–Kier alpha value is -1.01. The molecule has 0 spiro atoms. The number of halogens is 4. The fraction of sp³-hybridized carbons (Fsp3) is 0.333. The minimum absolute atomic E-state index is 0.262. The second kappa shape index (κ2) is 6.24. The lowest BCUT2D eigenvalue weighted by Gasteiger charge is -2.18. The quantitative estimate of drug-likeness (QED) is 0.819. The molecule has 1 rings (SSSR count). The van der Waals surface area contributed by atoms with E-state index in [-0.39, 0.29) is 5.75 Å². The van der Waals surface area contributed by atoms with Gasteiger partial charge in [-0.15, -0.1) is 19.8 Å². The molecule has 0 aliphatic heterocycles. The molecule has 1 atom stereocenters. The van der Waals surface area contributed by atoms with Crippen molar-refractivity contribution >= 4 is 15.9 Å². The molecular weight excluding hydrogens is 311 g/mol. The smallest absolute Gasteiger partial charge is 0.405 e. The monoisotopic (exact) mass is 323 g/mol. The van der Waals surface area contributed by atoms with Crippen LogP contribution in [0, 0.1) is 0 Å². The van der Waals surface area contributed by atoms with Gasteiger partial charge in [0.2, 0.25) is 0 Å². The lowest BCUT2D eigenvalue weighted by molar-refractivity contribution is -0.275. The minimum Gasteiger partial charge on any atom is -0.405 e. The van der Waals surface area contributed by atoms with Gasteiger partial charge in [-0.3, -0.25) is 0 Å². The van der Waals surface area contributed by atoms with E-state index >= 15 is 0 Å². The maximum absolute atomic E-state index is 12.2. The molecule has 0 heterocycles. The van der Waals surface area contributed by atoms with Crippen LogP contribution in [-0.2, 0) is 0 Å². The summed E-state index contributed by atoms with van der Waals surface area (Å²) in [5, 5.41) is 0. The van der Waals surface area contributed by atoms with Gasteiger partial charge >= 0.3 is 6.36 Å². The second-order valence-corrected chi connectivity index (χ2v) is 4.62. The summed E-state index contributed by atoms with van der Waals surface area (Å²) in [7, 11) is 0. The molecular formula is C12H13BrF3NO. The first-order valence-electron chi connectivity index (χ1n) is 5.25. The van der Waals surface area contributed by atoms with Gasteiger partial charge in [0.25, 0.3) is 0 Å². The van der Waals surface area contributed by atoms with E-state index in [9.17, 15) is 13.2 Å². The van der Waals surface area contributed by atoms with Gasteiger partial charge in [-0.25, -0.2) is 0 Å². The van der Waals surface area contributed by atoms with E-state index in [2.05, 4.69) is 27.2 Å². The summed E-state index contributed by atoms with van der Waals surface area (Å²) in [6.07, 6.45) is -1.92. The predicted octanol–water partition coefficient (Wildman–Crippen LogP) is 4.31. The minimum atomic E-state index is -4.72. The van der Waals surface area contributed by atoms with Crippen LogP contribution in [0.25, 0.3) is 0 Å². The van der Waals surface area contributed by atoms with Gasteiger partial charge in [0, 0.05) is 16.1 Å². The third-order valence-electron chi connectivity index (χ3n) is 2.28. The Balaban J connectivity index is 2.99. The zero-order valence-electron chi connectivity index (χ0n) is 9.51. The van der Waals surface area contributed by atoms with Crippen LogP contribution in [0.3, 0.4) is 0 Å². The highest BCUT2D eigenvalue weighted by atomic mass is 79.9. The van der Waals surface area contributed by atoms with Crippen LogP contribution < -0.4 is 10.5 Å². The van der Waals surface area contributed by atoms with E-state index in [1.807, 2.05) is 0 Å². The molecule has 2 nitrogen and oxygen atoms in total. The van der Waals surface area contributed by atoms with Gasteiger partial charge < -0.3 is 10.5 Å². The first-order valence-corrected chi connectivity index (χ1v) is 6.04. The van der Waals surface area contributed by atoms with E-state index in [1.54, 1.807) is 6.08 Å². The average molecular weight is 324 g/mol. The van der Waals surface area contributed by atoms with Crippen molar-refractivity contribution in [3.05, 3.63) is 40.9 Å². The Morgan fingerprint density at radius 1 is 1.44 bits per heavy atom. The Bertz CT molecular complexity index is 420. The molecule has 0 unspecified atom stereocenters. The standard InChI is InChI=1S/C12H13BrF3NO/c1-2-3-4-10(17)9-7-8(13)5-6-11(9)18-12(14,15)16/h2,5-7,10H,1,3-4,17H2/t10-/m1/s1. The maximum atomic E-state index is 12.2. The van der Waals surface area contributed by atoms with E-state index in [4.69, 9.17) is 5.73 Å². The van der Waals surface area contributed by atoms with E-state index in [0.717, 1.165) is 0 Å². The largest absolute Gasteiger partial charge is 0.573 e. The van der Waals surface area contributed by atoms with Crippen molar-refractivity contribution in [2.24, 2.45) is 5.73 Å². The Labute approximate surface area is 112 Å². The Kier molecular flexibility index (Phi) is 5.22. The fourth-order valence-electron chi connectivity index (χ4n) is 1.48. The number of benzene rings is 1. The molecule has 6 heteroatoms. The second-order valence-electron chi connectivity index (χ2n) is 3.70. The van der Waals surface area contributed by atoms with E-state index in [1.165, 1.54) is 18.2 Å². The van der Waals surface area contributed by atoms with Crippen LogP contribution >= 0.6 is 15.9 Å². The van der Waals surface area contributed by atoms with Crippen molar-refractivity contribution in [2.75, 3.05) is 0 Å². The van der Waals surface area contributed by atoms with Crippen LogP contribution in [0.2, 0.25) is 0 Å². The zero-order valence-corrected chi connectivity index (χ0v) is 11.1. The molecule has 2 N–H and O–H groups in total. The van der Waals surface area contributed by atoms with Gasteiger partial charge in [0.1, 0.15) is 5.75 Å². The highest BCUT2D eigenvalue weighted by Crippen LogP contribution is 2.33. The van der Waals surface area contributed by atoms with Gasteiger partial charge in [0.05, 0.1) is 0 Å². The summed E-state index contributed by atoms with van der Waals surface area (Å²) >= 11 is 3.20. The first kappa shape index (κ1) is 15.0. The molecule has 0 aromatic heterocycles. The first-order chi connectivity index (χ1) is 8.33. The number of rotatable bonds is 5. The van der Waals surface area contributed by atoms with Crippen LogP contribution in [0.1, 0.15) is 24.4 Å². The molecule has 0 aliphatic carbocycles. The lowest BCUT2D eigenvalue weighted by Crippen LogP contribution is -2.20. The number of nitrogens with two attached hydrogens (primary N) is 1. The SMILES string of the molecule is C=CCC[C@@H](N)c1cc(Br)ccc1OC(F)(F)F. The predicted molar refractivity (Wildman–Crippen MR) is 67.2 cm³/mol. The molecule has 100 valence electrons. The molecule has 1 aromatic rings. The molecule has 0 aliphatic rings. The molecule has 0 saturated carbocycles. The summed E-state index contributed by atoms with van der Waals surface area (Å²) in [4.78, 5) is 0. The summed E-state index contributed by atoms with van der Waals surface area (Å²) in [5.41, 5.74) is 6.18. The molecule has 0 radical (unpaired) electrons. The van der Waals surface area contributed by atoms with Crippen LogP contribution in [0.5, 0.6) is 5.75 Å². The molecule has 0 saturated heterocycles. The molecule has 0 amide bonds. The van der Waals surface area contributed by atoms with Gasteiger partial charge in [-0.1, -0.05) is 22.0 Å². The van der Waals surface area contributed by atoms with Gasteiger partial charge in [-0.2, -0.15) is 0 Å². The Morgan fingerprint density at radius 3 is 2.67 bits per heavy atom. The van der Waals surface area contributed by atoms with Crippen LogP contribution in [-0.4, -0.2) is 6.36 Å². The van der Waals surface area contributed by atoms with E-state index < -0.39 is 12.4 Å². The van der Waals surface area contributed by atoms with Crippen molar-refractivity contribution in [3.8, 4) is 5.75 Å². The maximum Gasteiger partial charge on any atom is 0.573 e. The fourth-order valence-corrected chi connectivity index (χ4v) is 1.86. The average Bonchev–Trinajstić information content (AvgIpc) is 2.26. The van der Waals surface area contributed by atoms with Gasteiger partial charge in [0.15, 0.2) is 0 Å². The normalized spacial score (nSPS) is 13.2. The van der Waals surface area contributed by atoms with Crippen molar-refractivity contribution in [1.29, 1.82) is 0 Å². The van der Waals surface area contributed by atoms with Crippen molar-refractivity contribution in [1.82, 2.24) is 0 Å². The van der Waals surface area contributed by atoms with E-state index in [0.29, 0.717) is 22.9 Å². The van der Waals surface area contributed by atoms with Crippen LogP contribution in [0.4, 0.5) is 13.2 Å². The van der Waals surface area contributed by atoms with Gasteiger partial charge in [-0.05, 0) is 31.0 Å². The number of hydrogen-bond acceptors (Lipinski definition) is 2. The lowest BCUT2D eigenvalue weighted by atomic mass is 10.0. The van der Waals surface area contributed by atoms with Crippen molar-refractivity contribution in [3.63, 3.8) is 0 Å². The highest BCUT2D eigenvalue weighted by Gasteiger charge is 2.32. The molecule has 1 aromatic carbocycles. The zero-order chi connectivity index (χ0) is 13.8. The summed E-state index contributed by atoms with van der Waals surface area (Å²) < 4.78 is 41.4. The number of alkyl halides is 3. The topological polar surface area (TPSA) is 35.2 Å². The Morgan fingerprint density at radius 2 is 2.11 bits per heavy atom. The number of ether oxygens (including phenoxy) is 1. The molecule has 0 bridgehead atoms. The number of allylic oxidation sites excluding steroid dienone is 1. The van der Waals surface area contributed by atoms with Crippen molar-refractivity contribution < 1.29 is 17.9 Å². The van der Waals surface area contributed by atoms with Crippen molar-refractivity contribution in [2.45, 2.75) is 25.2 Å². The highest BCUT2D eigenvalue weighted by molar-refractivity contribution is 9.10.